The van der Waals surface area contributed by atoms with Gasteiger partial charge in [-0.25, -0.2) is 0 Å². The molecule has 1 fully saturated rings. The maximum Gasteiger partial charge on any atom is 0.0731 e. The van der Waals surface area contributed by atoms with Gasteiger partial charge in [-0.3, -0.25) is 4.98 Å². The van der Waals surface area contributed by atoms with Crippen LogP contribution < -0.4 is 0 Å². The molecule has 1 aromatic heterocycles. The molecule has 1 aromatic rings. The molecule has 2 aliphatic carbocycles. The standard InChI is InChI=1S/C19H29NO/c1-4-18(2,3)15-9-11-19(21,12-10-15)16-8-7-14-6-5-13-20-17(14)16/h5-6,13,15-16,21H,4,7-12H2,1-3H3. The molecule has 21 heavy (non-hydrogen) atoms. The summed E-state index contributed by atoms with van der Waals surface area (Å²) in [5.74, 6) is 1.02. The first-order chi connectivity index (χ1) is 9.96. The number of nitrogens with zero attached hydrogens (tertiary/aromatic N) is 1. The van der Waals surface area contributed by atoms with Gasteiger partial charge in [0, 0.05) is 17.8 Å². The van der Waals surface area contributed by atoms with Crippen LogP contribution >= 0.6 is 0 Å². The van der Waals surface area contributed by atoms with E-state index in [1.165, 1.54) is 17.7 Å². The second kappa shape index (κ2) is 5.39. The lowest BCUT2D eigenvalue weighted by Crippen LogP contribution is -2.42. The molecule has 0 saturated heterocycles. The van der Waals surface area contributed by atoms with Crippen molar-refractivity contribution < 1.29 is 5.11 Å². The summed E-state index contributed by atoms with van der Waals surface area (Å²) in [7, 11) is 0. The van der Waals surface area contributed by atoms with Crippen LogP contribution in [0.15, 0.2) is 18.3 Å². The first kappa shape index (κ1) is 15.0. The molecule has 0 aromatic carbocycles. The van der Waals surface area contributed by atoms with Crippen molar-refractivity contribution in [1.29, 1.82) is 0 Å². The number of hydrogen-bond donors (Lipinski definition) is 1. The van der Waals surface area contributed by atoms with Crippen molar-refractivity contribution in [3.05, 3.63) is 29.6 Å². The smallest absolute Gasteiger partial charge is 0.0731 e. The van der Waals surface area contributed by atoms with E-state index >= 15 is 0 Å². The SMILES string of the molecule is CCC(C)(C)C1CCC(O)(C2CCc3cccnc32)CC1. The Bertz CT molecular complexity index is 500. The number of hydrogen-bond acceptors (Lipinski definition) is 2. The molecule has 0 amide bonds. The summed E-state index contributed by atoms with van der Waals surface area (Å²) >= 11 is 0. The van der Waals surface area contributed by atoms with Crippen molar-refractivity contribution >= 4 is 0 Å². The lowest BCUT2D eigenvalue weighted by Gasteiger charge is -2.45. The van der Waals surface area contributed by atoms with Crippen molar-refractivity contribution in [2.75, 3.05) is 0 Å². The Balaban J connectivity index is 1.74. The van der Waals surface area contributed by atoms with Crippen molar-refractivity contribution in [2.24, 2.45) is 11.3 Å². The van der Waals surface area contributed by atoms with E-state index in [9.17, 15) is 5.11 Å². The van der Waals surface area contributed by atoms with E-state index in [1.807, 2.05) is 12.3 Å². The molecule has 1 heterocycles. The molecule has 116 valence electrons. The summed E-state index contributed by atoms with van der Waals surface area (Å²) in [5.41, 5.74) is 2.42. The Hall–Kier alpha value is -0.890. The average molecular weight is 287 g/mol. The van der Waals surface area contributed by atoms with Crippen LogP contribution in [-0.2, 0) is 6.42 Å². The molecule has 0 radical (unpaired) electrons. The van der Waals surface area contributed by atoms with Gasteiger partial charge in [-0.05, 0) is 61.5 Å². The second-order valence-electron chi connectivity index (χ2n) is 7.86. The van der Waals surface area contributed by atoms with Crippen molar-refractivity contribution in [3.8, 4) is 0 Å². The minimum Gasteiger partial charge on any atom is -0.389 e. The van der Waals surface area contributed by atoms with Gasteiger partial charge >= 0.3 is 0 Å². The lowest BCUT2D eigenvalue weighted by atomic mass is 9.63. The van der Waals surface area contributed by atoms with Gasteiger partial charge in [-0.15, -0.1) is 0 Å². The first-order valence-corrected chi connectivity index (χ1v) is 8.62. The van der Waals surface area contributed by atoms with Gasteiger partial charge < -0.3 is 5.11 Å². The molecule has 2 aliphatic rings. The minimum absolute atomic E-state index is 0.263. The molecular formula is C19H29NO. The highest BCUT2D eigenvalue weighted by Crippen LogP contribution is 2.50. The van der Waals surface area contributed by atoms with Crippen LogP contribution in [0.2, 0.25) is 0 Å². The zero-order valence-corrected chi connectivity index (χ0v) is 13.7. The fourth-order valence-electron chi connectivity index (χ4n) is 4.47. The molecule has 0 aliphatic heterocycles. The zero-order chi connectivity index (χ0) is 15.1. The largest absolute Gasteiger partial charge is 0.389 e. The van der Waals surface area contributed by atoms with Gasteiger partial charge in [0.15, 0.2) is 0 Å². The van der Waals surface area contributed by atoms with E-state index < -0.39 is 5.60 Å². The fraction of sp³-hybridized carbons (Fsp3) is 0.737. The normalized spacial score (nSPS) is 33.0. The molecule has 3 rings (SSSR count). The minimum atomic E-state index is -0.514. The van der Waals surface area contributed by atoms with E-state index in [1.54, 1.807) is 0 Å². The Morgan fingerprint density at radius 2 is 2.00 bits per heavy atom. The Morgan fingerprint density at radius 1 is 1.29 bits per heavy atom. The van der Waals surface area contributed by atoms with Gasteiger partial charge in [-0.2, -0.15) is 0 Å². The molecular weight excluding hydrogens is 258 g/mol. The Kier molecular flexibility index (Phi) is 3.85. The maximum absolute atomic E-state index is 11.2. The third-order valence-electron chi connectivity index (χ3n) is 6.47. The van der Waals surface area contributed by atoms with E-state index in [0.29, 0.717) is 5.41 Å². The number of rotatable bonds is 3. The number of aromatic nitrogens is 1. The third kappa shape index (κ3) is 2.63. The second-order valence-corrected chi connectivity index (χ2v) is 7.86. The van der Waals surface area contributed by atoms with E-state index in [4.69, 9.17) is 0 Å². The predicted octanol–water partition coefficient (Wildman–Crippen LogP) is 4.47. The van der Waals surface area contributed by atoms with Gasteiger partial charge in [0.2, 0.25) is 0 Å². The van der Waals surface area contributed by atoms with Gasteiger partial charge in [0.25, 0.3) is 0 Å². The molecule has 0 spiro atoms. The summed E-state index contributed by atoms with van der Waals surface area (Å²) in [6, 6.07) is 4.20. The highest BCUT2D eigenvalue weighted by Gasteiger charge is 2.46. The molecule has 1 saturated carbocycles. The fourth-order valence-corrected chi connectivity index (χ4v) is 4.47. The monoisotopic (exact) mass is 287 g/mol. The zero-order valence-electron chi connectivity index (χ0n) is 13.7. The Morgan fingerprint density at radius 3 is 2.67 bits per heavy atom. The van der Waals surface area contributed by atoms with Crippen LogP contribution in [0.3, 0.4) is 0 Å². The molecule has 2 nitrogen and oxygen atoms in total. The van der Waals surface area contributed by atoms with Crippen LogP contribution in [0.5, 0.6) is 0 Å². The number of aryl methyl sites for hydroxylation is 1. The molecule has 1 N–H and O–H groups in total. The van der Waals surface area contributed by atoms with E-state index in [0.717, 1.165) is 44.4 Å². The summed E-state index contributed by atoms with van der Waals surface area (Å²) in [6.07, 6.45) is 9.48. The van der Waals surface area contributed by atoms with E-state index in [-0.39, 0.29) is 5.92 Å². The van der Waals surface area contributed by atoms with Crippen molar-refractivity contribution in [2.45, 2.75) is 77.2 Å². The highest BCUT2D eigenvalue weighted by molar-refractivity contribution is 5.31. The lowest BCUT2D eigenvalue weighted by molar-refractivity contribution is -0.0492. The summed E-state index contributed by atoms with van der Waals surface area (Å²) in [5, 5.41) is 11.2. The quantitative estimate of drug-likeness (QED) is 0.889. The molecule has 1 unspecified atom stereocenters. The van der Waals surface area contributed by atoms with E-state index in [2.05, 4.69) is 31.8 Å². The molecule has 1 atom stereocenters. The van der Waals surface area contributed by atoms with Crippen LogP contribution in [-0.4, -0.2) is 15.7 Å². The third-order valence-corrected chi connectivity index (χ3v) is 6.47. The summed E-state index contributed by atoms with van der Waals surface area (Å²) < 4.78 is 0. The van der Waals surface area contributed by atoms with Crippen LogP contribution in [0.1, 0.15) is 76.5 Å². The number of fused-ring (bicyclic) bond motifs is 1. The number of aliphatic hydroxyl groups is 1. The van der Waals surface area contributed by atoms with Gasteiger partial charge in [0.1, 0.15) is 0 Å². The predicted molar refractivity (Wildman–Crippen MR) is 86.3 cm³/mol. The molecule has 0 bridgehead atoms. The van der Waals surface area contributed by atoms with Crippen LogP contribution in [0.4, 0.5) is 0 Å². The first-order valence-electron chi connectivity index (χ1n) is 8.62. The van der Waals surface area contributed by atoms with Crippen molar-refractivity contribution in [1.82, 2.24) is 4.98 Å². The van der Waals surface area contributed by atoms with Crippen LogP contribution in [0.25, 0.3) is 0 Å². The maximum atomic E-state index is 11.2. The summed E-state index contributed by atoms with van der Waals surface area (Å²) in [6.45, 7) is 7.06. The van der Waals surface area contributed by atoms with Gasteiger partial charge in [0.05, 0.1) is 5.60 Å². The number of pyridine rings is 1. The highest BCUT2D eigenvalue weighted by atomic mass is 16.3. The van der Waals surface area contributed by atoms with Crippen molar-refractivity contribution in [3.63, 3.8) is 0 Å². The topological polar surface area (TPSA) is 33.1 Å². The Labute approximate surface area is 129 Å². The average Bonchev–Trinajstić information content (AvgIpc) is 2.92. The molecule has 2 heteroatoms. The van der Waals surface area contributed by atoms with Crippen LogP contribution in [0, 0.1) is 11.3 Å². The van der Waals surface area contributed by atoms with Gasteiger partial charge in [-0.1, -0.05) is 33.3 Å². The summed E-state index contributed by atoms with van der Waals surface area (Å²) in [4.78, 5) is 4.59.